The smallest absolute Gasteiger partial charge is 0.119 e. The highest BCUT2D eigenvalue weighted by molar-refractivity contribution is 6.20. The molecule has 2 aromatic carbocycles. The van der Waals surface area contributed by atoms with Crippen molar-refractivity contribution in [1.29, 1.82) is 0 Å². The van der Waals surface area contributed by atoms with E-state index in [0.29, 0.717) is 0 Å². The van der Waals surface area contributed by atoms with Crippen LogP contribution in [-0.4, -0.2) is 13.7 Å². The molecule has 0 saturated carbocycles. The molecule has 1 unspecified atom stereocenters. The third-order valence-electron chi connectivity index (χ3n) is 3.27. The van der Waals surface area contributed by atoms with Crippen LogP contribution >= 0.6 is 11.6 Å². The number of benzene rings is 2. The van der Waals surface area contributed by atoms with Gasteiger partial charge in [-0.05, 0) is 48.2 Å². The molecule has 0 spiro atoms. The van der Waals surface area contributed by atoms with Crippen molar-refractivity contribution in [1.82, 2.24) is 0 Å². The third kappa shape index (κ3) is 4.68. The van der Waals surface area contributed by atoms with Crippen molar-refractivity contribution in [3.8, 4) is 11.5 Å². The van der Waals surface area contributed by atoms with E-state index in [1.165, 1.54) is 5.56 Å². The van der Waals surface area contributed by atoms with E-state index in [9.17, 15) is 0 Å². The number of alkyl halides is 1. The predicted molar refractivity (Wildman–Crippen MR) is 87.5 cm³/mol. The average Bonchev–Trinajstić information content (AvgIpc) is 2.54. The maximum atomic E-state index is 6.53. The van der Waals surface area contributed by atoms with Crippen LogP contribution in [0.25, 0.3) is 0 Å². The molecule has 0 N–H and O–H groups in total. The maximum absolute atomic E-state index is 6.53. The Bertz CT molecular complexity index is 551. The Labute approximate surface area is 131 Å². The Morgan fingerprint density at radius 1 is 1.05 bits per heavy atom. The van der Waals surface area contributed by atoms with E-state index in [-0.39, 0.29) is 5.38 Å². The van der Waals surface area contributed by atoms with Crippen molar-refractivity contribution in [3.63, 3.8) is 0 Å². The van der Waals surface area contributed by atoms with Crippen molar-refractivity contribution in [2.24, 2.45) is 0 Å². The van der Waals surface area contributed by atoms with Crippen molar-refractivity contribution in [3.05, 3.63) is 59.7 Å². The van der Waals surface area contributed by atoms with Crippen molar-refractivity contribution < 1.29 is 9.47 Å². The maximum Gasteiger partial charge on any atom is 0.119 e. The highest BCUT2D eigenvalue weighted by Crippen LogP contribution is 2.28. The molecule has 112 valence electrons. The minimum atomic E-state index is -0.0661. The number of hydrogen-bond acceptors (Lipinski definition) is 2. The molecule has 0 aliphatic rings. The van der Waals surface area contributed by atoms with Crippen LogP contribution in [0, 0.1) is 0 Å². The van der Waals surface area contributed by atoms with Crippen LogP contribution in [0.3, 0.4) is 0 Å². The first kappa shape index (κ1) is 15.7. The Morgan fingerprint density at radius 2 is 1.81 bits per heavy atom. The zero-order chi connectivity index (χ0) is 15.1. The SMILES string of the molecule is CCCOc1cccc(C(Cl)Cc2ccc(OC)cc2)c1. The summed E-state index contributed by atoms with van der Waals surface area (Å²) < 4.78 is 10.8. The van der Waals surface area contributed by atoms with Crippen LogP contribution in [0.15, 0.2) is 48.5 Å². The summed E-state index contributed by atoms with van der Waals surface area (Å²) in [6.45, 7) is 2.83. The van der Waals surface area contributed by atoms with E-state index < -0.39 is 0 Å². The molecule has 0 aliphatic carbocycles. The predicted octanol–water partition coefficient (Wildman–Crippen LogP) is 5.01. The van der Waals surface area contributed by atoms with E-state index in [0.717, 1.165) is 36.5 Å². The lowest BCUT2D eigenvalue weighted by Crippen LogP contribution is -1.99. The summed E-state index contributed by atoms with van der Waals surface area (Å²) in [5.41, 5.74) is 2.27. The lowest BCUT2D eigenvalue weighted by atomic mass is 10.0. The van der Waals surface area contributed by atoms with Gasteiger partial charge in [-0.2, -0.15) is 0 Å². The van der Waals surface area contributed by atoms with E-state index in [4.69, 9.17) is 21.1 Å². The molecular weight excluding hydrogens is 284 g/mol. The van der Waals surface area contributed by atoms with Crippen LogP contribution in [0.5, 0.6) is 11.5 Å². The summed E-state index contributed by atoms with van der Waals surface area (Å²) in [5.74, 6) is 1.74. The lowest BCUT2D eigenvalue weighted by Gasteiger charge is -2.12. The normalized spacial score (nSPS) is 12.0. The van der Waals surface area contributed by atoms with Gasteiger partial charge < -0.3 is 9.47 Å². The molecule has 0 aliphatic heterocycles. The van der Waals surface area contributed by atoms with Gasteiger partial charge >= 0.3 is 0 Å². The van der Waals surface area contributed by atoms with Crippen LogP contribution < -0.4 is 9.47 Å². The highest BCUT2D eigenvalue weighted by Gasteiger charge is 2.10. The first-order valence-electron chi connectivity index (χ1n) is 7.22. The Balaban J connectivity index is 2.03. The van der Waals surface area contributed by atoms with Gasteiger partial charge in [-0.15, -0.1) is 11.6 Å². The molecule has 2 rings (SSSR count). The third-order valence-corrected chi connectivity index (χ3v) is 3.67. The molecule has 0 amide bonds. The molecule has 0 aromatic heterocycles. The molecule has 1 atom stereocenters. The summed E-state index contributed by atoms with van der Waals surface area (Å²) in [5, 5.41) is -0.0661. The summed E-state index contributed by atoms with van der Waals surface area (Å²) >= 11 is 6.53. The van der Waals surface area contributed by atoms with Crippen molar-refractivity contribution >= 4 is 11.6 Å². The monoisotopic (exact) mass is 304 g/mol. The fraction of sp³-hybridized carbons (Fsp3) is 0.333. The van der Waals surface area contributed by atoms with Crippen LogP contribution in [-0.2, 0) is 6.42 Å². The van der Waals surface area contributed by atoms with Crippen molar-refractivity contribution in [2.45, 2.75) is 25.1 Å². The van der Waals surface area contributed by atoms with Gasteiger partial charge in [0.2, 0.25) is 0 Å². The van der Waals surface area contributed by atoms with Crippen LogP contribution in [0.1, 0.15) is 29.8 Å². The Morgan fingerprint density at radius 3 is 2.48 bits per heavy atom. The second-order valence-corrected chi connectivity index (χ2v) is 5.47. The summed E-state index contributed by atoms with van der Waals surface area (Å²) in [7, 11) is 1.67. The van der Waals surface area contributed by atoms with E-state index in [1.54, 1.807) is 7.11 Å². The number of ether oxygens (including phenoxy) is 2. The zero-order valence-electron chi connectivity index (χ0n) is 12.5. The summed E-state index contributed by atoms with van der Waals surface area (Å²) in [6, 6.07) is 16.0. The fourth-order valence-electron chi connectivity index (χ4n) is 2.11. The minimum Gasteiger partial charge on any atom is -0.497 e. The molecule has 0 saturated heterocycles. The molecule has 0 fully saturated rings. The average molecular weight is 305 g/mol. The molecule has 0 radical (unpaired) electrons. The van der Waals surface area contributed by atoms with Crippen molar-refractivity contribution in [2.75, 3.05) is 13.7 Å². The topological polar surface area (TPSA) is 18.5 Å². The quantitative estimate of drug-likeness (QED) is 0.670. The van der Waals surface area contributed by atoms with Gasteiger partial charge in [-0.3, -0.25) is 0 Å². The largest absolute Gasteiger partial charge is 0.497 e. The minimum absolute atomic E-state index is 0.0661. The summed E-state index contributed by atoms with van der Waals surface area (Å²) in [4.78, 5) is 0. The zero-order valence-corrected chi connectivity index (χ0v) is 13.3. The van der Waals surface area contributed by atoms with Gasteiger partial charge in [0.1, 0.15) is 11.5 Å². The molecule has 21 heavy (non-hydrogen) atoms. The van der Waals surface area contributed by atoms with Gasteiger partial charge in [0.25, 0.3) is 0 Å². The first-order valence-corrected chi connectivity index (χ1v) is 7.66. The fourth-order valence-corrected chi connectivity index (χ4v) is 2.42. The molecule has 3 heteroatoms. The number of halogens is 1. The standard InChI is InChI=1S/C18H21ClO2/c1-3-11-21-17-6-4-5-15(13-17)18(19)12-14-7-9-16(20-2)10-8-14/h4-10,13,18H,3,11-12H2,1-2H3. The van der Waals surface area contributed by atoms with Gasteiger partial charge in [0, 0.05) is 0 Å². The number of methoxy groups -OCH3 is 1. The van der Waals surface area contributed by atoms with E-state index in [1.807, 2.05) is 48.5 Å². The van der Waals surface area contributed by atoms with Gasteiger partial charge in [-0.1, -0.05) is 31.2 Å². The number of rotatable bonds is 7. The molecule has 0 bridgehead atoms. The van der Waals surface area contributed by atoms with Crippen LogP contribution in [0.2, 0.25) is 0 Å². The van der Waals surface area contributed by atoms with Gasteiger partial charge in [0.05, 0.1) is 19.1 Å². The summed E-state index contributed by atoms with van der Waals surface area (Å²) in [6.07, 6.45) is 1.78. The number of hydrogen-bond donors (Lipinski definition) is 0. The highest BCUT2D eigenvalue weighted by atomic mass is 35.5. The Kier molecular flexibility index (Phi) is 5.94. The molecular formula is C18H21ClO2. The van der Waals surface area contributed by atoms with Gasteiger partial charge in [-0.25, -0.2) is 0 Å². The first-order chi connectivity index (χ1) is 10.2. The lowest BCUT2D eigenvalue weighted by molar-refractivity contribution is 0.317. The van der Waals surface area contributed by atoms with E-state index >= 15 is 0 Å². The Hall–Kier alpha value is -1.67. The molecule has 2 aromatic rings. The van der Waals surface area contributed by atoms with Gasteiger partial charge in [0.15, 0.2) is 0 Å². The second-order valence-electron chi connectivity index (χ2n) is 4.94. The van der Waals surface area contributed by atoms with E-state index in [2.05, 4.69) is 6.92 Å². The molecule has 0 heterocycles. The second kappa shape index (κ2) is 7.94. The van der Waals surface area contributed by atoms with Crippen LogP contribution in [0.4, 0.5) is 0 Å². The molecule has 2 nitrogen and oxygen atoms in total.